The molecule has 0 aliphatic carbocycles. The summed E-state index contributed by atoms with van der Waals surface area (Å²) in [7, 11) is 0. The fourth-order valence-electron chi connectivity index (χ4n) is 0.579. The molecule has 0 amide bonds. The van der Waals surface area contributed by atoms with E-state index in [2.05, 4.69) is 13.2 Å². The van der Waals surface area contributed by atoms with Crippen LogP contribution in [0.1, 0.15) is 13.3 Å². The Morgan fingerprint density at radius 1 is 1.62 bits per heavy atom. The monoisotopic (exact) mass is 200 g/mol. The zero-order valence-electron chi connectivity index (χ0n) is 8.04. The second-order valence-electron chi connectivity index (χ2n) is 2.49. The first-order valence-electron chi connectivity index (χ1n) is 4.24. The van der Waals surface area contributed by atoms with E-state index in [1.54, 1.807) is 24.8 Å². The van der Waals surface area contributed by atoms with Crippen molar-refractivity contribution in [1.82, 2.24) is 0 Å². The Morgan fingerprint density at radius 3 is 2.85 bits per heavy atom. The predicted molar refractivity (Wildman–Crippen MR) is 57.9 cm³/mol. The average Bonchev–Trinajstić information content (AvgIpc) is 2.16. The van der Waals surface area contributed by atoms with Gasteiger partial charge in [0.1, 0.15) is 6.61 Å². The van der Waals surface area contributed by atoms with E-state index >= 15 is 0 Å². The van der Waals surface area contributed by atoms with Gasteiger partial charge in [-0.2, -0.15) is 11.8 Å². The van der Waals surface area contributed by atoms with Crippen LogP contribution in [0.3, 0.4) is 0 Å². The Bertz CT molecular complexity index is 187. The summed E-state index contributed by atoms with van der Waals surface area (Å²) in [5.41, 5.74) is 1.01. The van der Waals surface area contributed by atoms with Gasteiger partial charge in [0.25, 0.3) is 0 Å². The number of carbonyl (C=O) groups excluding carboxylic acids is 1. The number of rotatable bonds is 7. The molecule has 0 radical (unpaired) electrons. The summed E-state index contributed by atoms with van der Waals surface area (Å²) in [6.45, 7) is 9.65. The molecule has 2 nitrogen and oxygen atoms in total. The van der Waals surface area contributed by atoms with Crippen molar-refractivity contribution in [2.45, 2.75) is 13.3 Å². The van der Waals surface area contributed by atoms with Crippen molar-refractivity contribution in [1.29, 1.82) is 0 Å². The van der Waals surface area contributed by atoms with Gasteiger partial charge in [-0.3, -0.25) is 4.79 Å². The quantitative estimate of drug-likeness (QED) is 0.358. The van der Waals surface area contributed by atoms with Crippen molar-refractivity contribution >= 4 is 17.7 Å². The molecular formula is C10H16O2S. The van der Waals surface area contributed by atoms with Crippen LogP contribution in [0.5, 0.6) is 0 Å². The van der Waals surface area contributed by atoms with Crippen LogP contribution in [0.25, 0.3) is 0 Å². The first kappa shape index (κ1) is 12.3. The molecule has 0 atom stereocenters. The van der Waals surface area contributed by atoms with Gasteiger partial charge in [-0.05, 0) is 5.57 Å². The normalized spacial score (nSPS) is 9.31. The Labute approximate surface area is 84.0 Å². The first-order valence-corrected chi connectivity index (χ1v) is 5.39. The molecule has 0 aliphatic rings. The zero-order valence-corrected chi connectivity index (χ0v) is 8.86. The number of carbonyl (C=O) groups is 1. The van der Waals surface area contributed by atoms with Crippen molar-refractivity contribution in [2.24, 2.45) is 0 Å². The summed E-state index contributed by atoms with van der Waals surface area (Å²) in [4.78, 5) is 10.7. The Balaban J connectivity index is 3.21. The van der Waals surface area contributed by atoms with Crippen LogP contribution in [0, 0.1) is 0 Å². The molecule has 74 valence electrons. The van der Waals surface area contributed by atoms with Gasteiger partial charge in [0.15, 0.2) is 0 Å². The number of allylic oxidation sites excluding steroid dienone is 1. The molecule has 0 unspecified atom stereocenters. The molecule has 0 saturated heterocycles. The van der Waals surface area contributed by atoms with E-state index in [0.717, 1.165) is 17.1 Å². The highest BCUT2D eigenvalue weighted by Crippen LogP contribution is 2.06. The fraction of sp³-hybridized carbons (Fsp3) is 0.500. The molecule has 0 aromatic rings. The first-order chi connectivity index (χ1) is 6.20. The molecule has 3 heteroatoms. The lowest BCUT2D eigenvalue weighted by Gasteiger charge is -2.02. The van der Waals surface area contributed by atoms with Crippen LogP contribution < -0.4 is 0 Å². The number of hydrogen-bond donors (Lipinski definition) is 0. The Kier molecular flexibility index (Phi) is 7.50. The third kappa shape index (κ3) is 7.65. The summed E-state index contributed by atoms with van der Waals surface area (Å²) >= 11 is 1.69. The van der Waals surface area contributed by atoms with E-state index in [0.29, 0.717) is 13.0 Å². The van der Waals surface area contributed by atoms with Gasteiger partial charge in [0.2, 0.25) is 0 Å². The highest BCUT2D eigenvalue weighted by atomic mass is 32.2. The van der Waals surface area contributed by atoms with Gasteiger partial charge in [-0.15, -0.1) is 0 Å². The molecular weight excluding hydrogens is 184 g/mol. The number of ether oxygens (including phenoxy) is 1. The maximum absolute atomic E-state index is 10.7. The molecule has 13 heavy (non-hydrogen) atoms. The summed E-state index contributed by atoms with van der Waals surface area (Å²) in [5.74, 6) is 1.54. The van der Waals surface area contributed by atoms with Crippen molar-refractivity contribution in [3.63, 3.8) is 0 Å². The maximum atomic E-state index is 10.7. The van der Waals surface area contributed by atoms with Crippen molar-refractivity contribution in [3.8, 4) is 0 Å². The smallest absolute Gasteiger partial charge is 0.305 e. The largest absolute Gasteiger partial charge is 0.465 e. The van der Waals surface area contributed by atoms with Crippen LogP contribution in [0.4, 0.5) is 0 Å². The number of hydrogen-bond acceptors (Lipinski definition) is 3. The molecule has 0 aliphatic heterocycles. The van der Waals surface area contributed by atoms with E-state index in [1.165, 1.54) is 0 Å². The minimum atomic E-state index is -0.136. The molecule has 0 spiro atoms. The third-order valence-electron chi connectivity index (χ3n) is 1.36. The lowest BCUT2D eigenvalue weighted by atomic mass is 10.4. The van der Waals surface area contributed by atoms with Crippen LogP contribution >= 0.6 is 11.8 Å². The third-order valence-corrected chi connectivity index (χ3v) is 2.39. The molecule has 0 aromatic heterocycles. The van der Waals surface area contributed by atoms with Crippen LogP contribution in [0.2, 0.25) is 0 Å². The van der Waals surface area contributed by atoms with Crippen molar-refractivity contribution < 1.29 is 9.53 Å². The molecule has 0 bridgehead atoms. The van der Waals surface area contributed by atoms with E-state index in [9.17, 15) is 4.79 Å². The molecule has 0 heterocycles. The lowest BCUT2D eigenvalue weighted by molar-refractivity contribution is -0.142. The van der Waals surface area contributed by atoms with Gasteiger partial charge < -0.3 is 4.74 Å². The number of esters is 1. The topological polar surface area (TPSA) is 26.3 Å². The van der Waals surface area contributed by atoms with Crippen LogP contribution in [0.15, 0.2) is 24.8 Å². The highest BCUT2D eigenvalue weighted by Gasteiger charge is 1.97. The van der Waals surface area contributed by atoms with Crippen LogP contribution in [-0.2, 0) is 9.53 Å². The predicted octanol–water partition coefficient (Wildman–Crippen LogP) is 2.42. The van der Waals surface area contributed by atoms with Crippen LogP contribution in [-0.4, -0.2) is 24.1 Å². The minimum Gasteiger partial charge on any atom is -0.465 e. The molecule has 0 saturated carbocycles. The number of thioether (sulfide) groups is 1. The lowest BCUT2D eigenvalue weighted by Crippen LogP contribution is -2.05. The zero-order chi connectivity index (χ0) is 10.1. The van der Waals surface area contributed by atoms with Crippen molar-refractivity contribution in [3.05, 3.63) is 24.8 Å². The van der Waals surface area contributed by atoms with E-state index in [4.69, 9.17) is 4.74 Å². The van der Waals surface area contributed by atoms with Gasteiger partial charge in [-0.25, -0.2) is 0 Å². The standard InChI is InChI=1S/C10H16O2S/c1-4-9(3)8-13-7-6-12-10(11)5-2/h4H,1,3,5-8H2,2H3. The maximum Gasteiger partial charge on any atom is 0.305 e. The second-order valence-corrected chi connectivity index (χ2v) is 3.59. The Hall–Kier alpha value is -0.700. The SMILES string of the molecule is C=CC(=C)CSCCOC(=O)CC. The average molecular weight is 200 g/mol. The molecule has 0 rings (SSSR count). The van der Waals surface area contributed by atoms with Gasteiger partial charge >= 0.3 is 5.97 Å². The van der Waals surface area contributed by atoms with E-state index < -0.39 is 0 Å². The molecule has 0 N–H and O–H groups in total. The highest BCUT2D eigenvalue weighted by molar-refractivity contribution is 7.99. The fourth-order valence-corrected chi connectivity index (χ4v) is 1.30. The summed E-state index contributed by atoms with van der Waals surface area (Å²) in [5, 5.41) is 0. The summed E-state index contributed by atoms with van der Waals surface area (Å²) in [6, 6.07) is 0. The van der Waals surface area contributed by atoms with Crippen molar-refractivity contribution in [2.75, 3.05) is 18.1 Å². The minimum absolute atomic E-state index is 0.136. The molecule has 0 aromatic carbocycles. The Morgan fingerprint density at radius 2 is 2.31 bits per heavy atom. The van der Waals surface area contributed by atoms with E-state index in [-0.39, 0.29) is 5.97 Å². The molecule has 0 fully saturated rings. The summed E-state index contributed by atoms with van der Waals surface area (Å²) < 4.78 is 4.89. The summed E-state index contributed by atoms with van der Waals surface area (Å²) in [6.07, 6.45) is 2.19. The van der Waals surface area contributed by atoms with Gasteiger partial charge in [0, 0.05) is 17.9 Å². The van der Waals surface area contributed by atoms with Gasteiger partial charge in [-0.1, -0.05) is 26.2 Å². The van der Waals surface area contributed by atoms with E-state index in [1.807, 2.05) is 0 Å². The van der Waals surface area contributed by atoms with Gasteiger partial charge in [0.05, 0.1) is 0 Å². The second kappa shape index (κ2) is 7.92.